The second kappa shape index (κ2) is 7.10. The molecule has 4 rings (SSSR count). The van der Waals surface area contributed by atoms with Gasteiger partial charge in [0.1, 0.15) is 5.75 Å². The molecule has 2 aromatic rings. The van der Waals surface area contributed by atoms with Gasteiger partial charge in [0.05, 0.1) is 12.8 Å². The van der Waals surface area contributed by atoms with Crippen molar-refractivity contribution in [2.75, 3.05) is 24.7 Å². The molecule has 0 aliphatic heterocycles. The number of carbonyl (C=O) groups is 2. The number of hydrogen-bond acceptors (Lipinski definition) is 6. The molecule has 0 saturated heterocycles. The normalized spacial score (nSPS) is 20.3. The van der Waals surface area contributed by atoms with Gasteiger partial charge in [-0.3, -0.25) is 9.59 Å². The Labute approximate surface area is 167 Å². The third kappa shape index (κ3) is 3.62. The molecule has 1 spiro atoms. The van der Waals surface area contributed by atoms with Gasteiger partial charge in [0.2, 0.25) is 5.91 Å². The van der Waals surface area contributed by atoms with Crippen molar-refractivity contribution < 1.29 is 18.4 Å². The fourth-order valence-corrected chi connectivity index (χ4v) is 3.40. The number of hydrogen-bond donors (Lipinski definition) is 3. The first kappa shape index (κ1) is 14.8. The lowest BCUT2D eigenvalue weighted by Gasteiger charge is -2.12. The van der Waals surface area contributed by atoms with E-state index >= 15 is 0 Å². The van der Waals surface area contributed by atoms with Gasteiger partial charge in [-0.1, -0.05) is 12.1 Å². The predicted octanol–water partition coefficient (Wildman–Crippen LogP) is 2.20. The quantitative estimate of drug-likeness (QED) is 0.676. The van der Waals surface area contributed by atoms with Crippen LogP contribution < -0.4 is 20.7 Å². The summed E-state index contributed by atoms with van der Waals surface area (Å²) in [5.41, 5.74) is 1.19. The van der Waals surface area contributed by atoms with Crippen LogP contribution in [0.1, 0.15) is 39.4 Å². The Morgan fingerprint density at radius 1 is 1.29 bits per heavy atom. The van der Waals surface area contributed by atoms with Crippen LogP contribution in [-0.2, 0) is 11.3 Å². The molecular formula is C20H23N5O3. The molecule has 0 bridgehead atoms. The van der Waals surface area contributed by atoms with Crippen molar-refractivity contribution >= 4 is 23.3 Å². The van der Waals surface area contributed by atoms with E-state index in [-0.39, 0.29) is 34.4 Å². The van der Waals surface area contributed by atoms with Crippen LogP contribution in [0.3, 0.4) is 0 Å². The molecule has 8 heteroatoms. The van der Waals surface area contributed by atoms with Gasteiger partial charge in [0.25, 0.3) is 5.91 Å². The zero-order chi connectivity index (χ0) is 22.2. The summed E-state index contributed by atoms with van der Waals surface area (Å²) >= 11 is 0. The van der Waals surface area contributed by atoms with E-state index in [1.165, 1.54) is 6.07 Å². The minimum atomic E-state index is -2.66. The number of rotatable bonds is 7. The maximum atomic E-state index is 12.4. The van der Waals surface area contributed by atoms with E-state index in [0.29, 0.717) is 12.3 Å². The number of benzene rings is 1. The van der Waals surface area contributed by atoms with Gasteiger partial charge < -0.3 is 20.7 Å². The van der Waals surface area contributed by atoms with Crippen LogP contribution in [0, 0.1) is 11.3 Å². The number of anilines is 2. The highest BCUT2D eigenvalue weighted by Crippen LogP contribution is 2.70. The maximum absolute atomic E-state index is 12.4. The second-order valence-electron chi connectivity index (χ2n) is 7.26. The van der Waals surface area contributed by atoms with Crippen LogP contribution in [0.4, 0.5) is 11.5 Å². The molecule has 0 radical (unpaired) electrons. The summed E-state index contributed by atoms with van der Waals surface area (Å²) in [4.78, 5) is 24.8. The Bertz CT molecular complexity index is 1010. The Morgan fingerprint density at radius 3 is 2.71 bits per heavy atom. The first-order chi connectivity index (χ1) is 14.7. The van der Waals surface area contributed by atoms with Crippen molar-refractivity contribution in [2.24, 2.45) is 11.3 Å². The molecule has 1 atom stereocenters. The van der Waals surface area contributed by atoms with Crippen molar-refractivity contribution in [1.82, 2.24) is 15.5 Å². The predicted molar refractivity (Wildman–Crippen MR) is 104 cm³/mol. The lowest BCUT2D eigenvalue weighted by Crippen LogP contribution is -2.23. The number of ether oxygens (including phenoxy) is 1. The van der Waals surface area contributed by atoms with Crippen LogP contribution in [0.25, 0.3) is 0 Å². The van der Waals surface area contributed by atoms with E-state index in [9.17, 15) is 9.59 Å². The summed E-state index contributed by atoms with van der Waals surface area (Å²) in [6.45, 7) is -2.33. The van der Waals surface area contributed by atoms with Crippen LogP contribution in [-0.4, -0.2) is 36.1 Å². The minimum Gasteiger partial charge on any atom is -0.497 e. The monoisotopic (exact) mass is 384 g/mol. The molecule has 2 aliphatic carbocycles. The Balaban J connectivity index is 1.51. The van der Waals surface area contributed by atoms with Crippen LogP contribution in [0.15, 0.2) is 30.3 Å². The van der Waals surface area contributed by atoms with E-state index in [1.54, 1.807) is 19.2 Å². The number of amides is 2. The van der Waals surface area contributed by atoms with Gasteiger partial charge in [-0.25, -0.2) is 0 Å². The third-order valence-corrected chi connectivity index (χ3v) is 5.41. The van der Waals surface area contributed by atoms with Crippen molar-refractivity contribution in [2.45, 2.75) is 25.8 Å². The third-order valence-electron chi connectivity index (χ3n) is 5.41. The molecule has 146 valence electrons. The summed E-state index contributed by atoms with van der Waals surface area (Å²) in [6.07, 6.45) is 3.06. The van der Waals surface area contributed by atoms with E-state index < -0.39 is 12.9 Å². The number of nitrogens with zero attached hydrogens (tertiary/aromatic N) is 2. The second-order valence-corrected chi connectivity index (χ2v) is 7.26. The largest absolute Gasteiger partial charge is 0.497 e. The molecular weight excluding hydrogens is 358 g/mol. The van der Waals surface area contributed by atoms with Gasteiger partial charge in [-0.15, -0.1) is 10.2 Å². The fraction of sp³-hybridized carbons (Fsp3) is 0.400. The Morgan fingerprint density at radius 2 is 2.07 bits per heavy atom. The smallest absolute Gasteiger partial charge is 0.273 e. The summed E-state index contributed by atoms with van der Waals surface area (Å²) < 4.78 is 26.9. The zero-order valence-electron chi connectivity index (χ0n) is 18.4. The van der Waals surface area contributed by atoms with Gasteiger partial charge in [0.15, 0.2) is 11.5 Å². The summed E-state index contributed by atoms with van der Waals surface area (Å²) in [7, 11) is 1.58. The van der Waals surface area contributed by atoms with Crippen LogP contribution in [0.5, 0.6) is 5.75 Å². The fourth-order valence-electron chi connectivity index (χ4n) is 3.40. The number of carbonyl (C=O) groups excluding carboxylic acids is 2. The number of methoxy groups -OCH3 is 1. The average Bonchev–Trinajstić information content (AvgIpc) is 3.64. The highest BCUT2D eigenvalue weighted by molar-refractivity contribution is 5.99. The number of aromatic nitrogens is 2. The van der Waals surface area contributed by atoms with Crippen molar-refractivity contribution in [3.63, 3.8) is 0 Å². The molecule has 1 aromatic heterocycles. The molecule has 28 heavy (non-hydrogen) atoms. The zero-order valence-corrected chi connectivity index (χ0v) is 15.4. The van der Waals surface area contributed by atoms with Crippen LogP contribution in [0.2, 0.25) is 0 Å². The lowest BCUT2D eigenvalue weighted by molar-refractivity contribution is -0.117. The van der Waals surface area contributed by atoms with Gasteiger partial charge in [-0.2, -0.15) is 0 Å². The molecule has 2 fully saturated rings. The first-order valence-corrected chi connectivity index (χ1v) is 9.07. The van der Waals surface area contributed by atoms with Gasteiger partial charge in [-0.05, 0) is 42.4 Å². The molecule has 2 saturated carbocycles. The Kier molecular flexibility index (Phi) is 3.77. The maximum Gasteiger partial charge on any atom is 0.273 e. The minimum absolute atomic E-state index is 0.00328. The van der Waals surface area contributed by atoms with Crippen molar-refractivity contribution in [3.05, 3.63) is 41.6 Å². The standard InChI is InChI=1S/C20H23N5O3/c1-21-19(27)17-15(22-11-12-3-5-13(28-2)6-4-12)9-16(24-25-17)23-18(26)14-10-20(14)7-8-20/h3-6,9,14H,7-8,10-11H2,1-2H3,(H,21,27)(H2,22,23,24,26)/t14-/m1/s1/i1D3. The highest BCUT2D eigenvalue weighted by atomic mass is 16.5. The van der Waals surface area contributed by atoms with Crippen molar-refractivity contribution in [3.8, 4) is 5.75 Å². The first-order valence-electron chi connectivity index (χ1n) is 10.6. The average molecular weight is 384 g/mol. The van der Waals surface area contributed by atoms with E-state index in [0.717, 1.165) is 24.8 Å². The lowest BCUT2D eigenvalue weighted by atomic mass is 10.2. The molecule has 1 heterocycles. The summed E-state index contributed by atoms with van der Waals surface area (Å²) in [6, 6.07) is 8.81. The highest BCUT2D eigenvalue weighted by Gasteiger charge is 2.65. The van der Waals surface area contributed by atoms with E-state index in [4.69, 9.17) is 8.85 Å². The molecule has 2 amide bonds. The molecule has 1 aromatic carbocycles. The molecule has 2 aliphatic rings. The Hall–Kier alpha value is -3.16. The summed E-state index contributed by atoms with van der Waals surface area (Å²) in [5, 5.41) is 15.5. The number of nitrogens with one attached hydrogen (secondary N) is 3. The van der Waals surface area contributed by atoms with Gasteiger partial charge >= 0.3 is 0 Å². The van der Waals surface area contributed by atoms with Gasteiger partial charge in [0, 0.05) is 29.6 Å². The summed E-state index contributed by atoms with van der Waals surface area (Å²) in [5.74, 6) is -0.0705. The SMILES string of the molecule is [2H]C([2H])([2H])NC(=O)c1nnc(NC(=O)[C@H]2CC23CC3)cc1NCc1ccc(OC)cc1. The molecule has 0 unspecified atom stereocenters. The van der Waals surface area contributed by atoms with E-state index in [2.05, 4.69) is 20.8 Å². The van der Waals surface area contributed by atoms with Crippen molar-refractivity contribution in [1.29, 1.82) is 0 Å². The topological polar surface area (TPSA) is 105 Å². The molecule has 3 N–H and O–H groups in total. The molecule has 8 nitrogen and oxygen atoms in total. The van der Waals surface area contributed by atoms with Crippen LogP contribution >= 0.6 is 0 Å². The van der Waals surface area contributed by atoms with E-state index in [1.807, 2.05) is 17.4 Å².